The predicted octanol–water partition coefficient (Wildman–Crippen LogP) is 6.34. The van der Waals surface area contributed by atoms with Crippen molar-refractivity contribution < 1.29 is 31.1 Å². The Balaban J connectivity index is 1.56. The second kappa shape index (κ2) is 10.4. The maximum absolute atomic E-state index is 13.2. The summed E-state index contributed by atoms with van der Waals surface area (Å²) in [5.41, 5.74) is -1.04. The maximum Gasteiger partial charge on any atom is 0.416 e. The van der Waals surface area contributed by atoms with Crippen molar-refractivity contribution >= 4 is 23.3 Å². The van der Waals surface area contributed by atoms with Crippen molar-refractivity contribution in [3.05, 3.63) is 86.8 Å². The molecule has 3 aromatic rings. The van der Waals surface area contributed by atoms with E-state index < -0.39 is 35.0 Å². The lowest BCUT2D eigenvalue weighted by Crippen LogP contribution is -2.49. The molecule has 1 saturated heterocycles. The van der Waals surface area contributed by atoms with Crippen LogP contribution in [-0.2, 0) is 18.8 Å². The molecule has 12 heteroatoms. The van der Waals surface area contributed by atoms with Gasteiger partial charge in [0.15, 0.2) is 0 Å². The van der Waals surface area contributed by atoms with Crippen LogP contribution in [0, 0.1) is 13.8 Å². The van der Waals surface area contributed by atoms with Crippen molar-refractivity contribution in [2.24, 2.45) is 0 Å². The van der Waals surface area contributed by atoms with Crippen LogP contribution in [-0.4, -0.2) is 47.0 Å². The number of carbonyl (C=O) groups is 1. The zero-order valence-corrected chi connectivity index (χ0v) is 21.2. The van der Waals surface area contributed by atoms with Crippen molar-refractivity contribution in [3.63, 3.8) is 0 Å². The topological polar surface area (TPSA) is 49.3 Å². The molecule has 0 N–H and O–H groups in total. The minimum atomic E-state index is -5.03. The number of carbonyl (C=O) groups excluding carboxylic acids is 1. The van der Waals surface area contributed by atoms with Gasteiger partial charge in [-0.3, -0.25) is 4.79 Å². The summed E-state index contributed by atoms with van der Waals surface area (Å²) in [7, 11) is 0. The largest absolute Gasteiger partial charge is 0.416 e. The average Bonchev–Trinajstić information content (AvgIpc) is 2.85. The molecule has 1 aliphatic heterocycles. The van der Waals surface area contributed by atoms with Crippen LogP contribution in [0.25, 0.3) is 0 Å². The van der Waals surface area contributed by atoms with E-state index in [0.29, 0.717) is 48.3 Å². The first-order valence-electron chi connectivity index (χ1n) is 11.6. The van der Waals surface area contributed by atoms with Crippen LogP contribution < -0.4 is 4.90 Å². The molecular weight excluding hydrogens is 534 g/mol. The van der Waals surface area contributed by atoms with E-state index >= 15 is 0 Å². The quantitative estimate of drug-likeness (QED) is 0.352. The van der Waals surface area contributed by atoms with Crippen LogP contribution in [0.1, 0.15) is 44.1 Å². The summed E-state index contributed by atoms with van der Waals surface area (Å²) in [6, 6.07) is 8.29. The van der Waals surface area contributed by atoms with Crippen molar-refractivity contribution in [2.75, 3.05) is 31.1 Å². The molecule has 1 aromatic heterocycles. The first-order chi connectivity index (χ1) is 17.7. The zero-order chi connectivity index (χ0) is 27.8. The Labute approximate surface area is 220 Å². The highest BCUT2D eigenvalue weighted by atomic mass is 35.5. The van der Waals surface area contributed by atoms with Gasteiger partial charge in [0, 0.05) is 54.4 Å². The number of halogens is 7. The summed E-state index contributed by atoms with van der Waals surface area (Å²) in [6.07, 6.45) is -9.53. The third kappa shape index (κ3) is 6.20. The van der Waals surface area contributed by atoms with Crippen LogP contribution >= 0.6 is 11.6 Å². The number of aryl methyl sites for hydroxylation is 2. The van der Waals surface area contributed by atoms with Gasteiger partial charge in [-0.15, -0.1) is 0 Å². The number of alkyl halides is 6. The summed E-state index contributed by atoms with van der Waals surface area (Å²) >= 11 is 5.99. The predicted molar refractivity (Wildman–Crippen MR) is 130 cm³/mol. The average molecular weight is 557 g/mol. The lowest BCUT2D eigenvalue weighted by atomic mass is 10.0. The molecule has 1 aliphatic rings. The molecule has 2 heterocycles. The van der Waals surface area contributed by atoms with Gasteiger partial charge in [0.2, 0.25) is 0 Å². The normalized spacial score (nSPS) is 14.7. The molecule has 1 amide bonds. The minimum Gasteiger partial charge on any atom is -0.353 e. The SMILES string of the molecule is Cc1nc(C)c(Cc2ccc(Cl)cc2)c(N2CCN(C(=O)c3cc(C(F)(F)F)cc(C(F)(F)F)c3)CC2)n1. The van der Waals surface area contributed by atoms with Crippen molar-refractivity contribution in [3.8, 4) is 0 Å². The smallest absolute Gasteiger partial charge is 0.353 e. The highest BCUT2D eigenvalue weighted by Crippen LogP contribution is 2.36. The summed E-state index contributed by atoms with van der Waals surface area (Å²) < 4.78 is 79.5. The van der Waals surface area contributed by atoms with E-state index in [0.717, 1.165) is 16.8 Å². The minimum absolute atomic E-state index is 0.0106. The first-order valence-corrected chi connectivity index (χ1v) is 12.0. The summed E-state index contributed by atoms with van der Waals surface area (Å²) in [5.74, 6) is 0.340. The molecule has 5 nitrogen and oxygen atoms in total. The van der Waals surface area contributed by atoms with E-state index in [1.165, 1.54) is 4.90 Å². The molecule has 38 heavy (non-hydrogen) atoms. The Hall–Kier alpha value is -3.34. The molecule has 0 radical (unpaired) electrons. The fourth-order valence-corrected chi connectivity index (χ4v) is 4.50. The number of hydrogen-bond acceptors (Lipinski definition) is 4. The Morgan fingerprint density at radius 2 is 1.42 bits per heavy atom. The van der Waals surface area contributed by atoms with Gasteiger partial charge in [-0.25, -0.2) is 9.97 Å². The maximum atomic E-state index is 13.2. The van der Waals surface area contributed by atoms with Crippen molar-refractivity contribution in [1.82, 2.24) is 14.9 Å². The first kappa shape index (κ1) is 27.7. The fraction of sp³-hybridized carbons (Fsp3) is 0.346. The van der Waals surface area contributed by atoms with Crippen LogP contribution in [0.5, 0.6) is 0 Å². The molecule has 0 bridgehead atoms. The molecule has 0 aliphatic carbocycles. The van der Waals surface area contributed by atoms with Crippen LogP contribution in [0.4, 0.5) is 32.2 Å². The van der Waals surface area contributed by atoms with Gasteiger partial charge in [0.05, 0.1) is 11.1 Å². The third-order valence-corrected chi connectivity index (χ3v) is 6.55. The standard InChI is InChI=1S/C26H23ClF6N4O/c1-15-22(11-17-3-5-21(27)6-4-17)23(35-16(2)34-15)36-7-9-37(10-8-36)24(38)18-12-19(25(28,29)30)14-20(13-18)26(31,32)33/h3-6,12-14H,7-11H2,1-2H3. The highest BCUT2D eigenvalue weighted by molar-refractivity contribution is 6.30. The molecule has 1 fully saturated rings. The van der Waals surface area contributed by atoms with Gasteiger partial charge >= 0.3 is 12.4 Å². The Morgan fingerprint density at radius 3 is 1.95 bits per heavy atom. The summed E-state index contributed by atoms with van der Waals surface area (Å²) in [4.78, 5) is 25.3. The van der Waals surface area contributed by atoms with Gasteiger partial charge in [-0.05, 0) is 49.7 Å². The Bertz CT molecular complexity index is 1300. The molecule has 0 spiro atoms. The van der Waals surface area contributed by atoms with Gasteiger partial charge in [-0.1, -0.05) is 23.7 Å². The van der Waals surface area contributed by atoms with Crippen molar-refractivity contribution in [1.29, 1.82) is 0 Å². The van der Waals surface area contributed by atoms with E-state index in [-0.39, 0.29) is 19.2 Å². The number of anilines is 1. The van der Waals surface area contributed by atoms with E-state index in [2.05, 4.69) is 9.97 Å². The number of piperazine rings is 1. The number of aromatic nitrogens is 2. The number of benzene rings is 2. The lowest BCUT2D eigenvalue weighted by molar-refractivity contribution is -0.143. The fourth-order valence-electron chi connectivity index (χ4n) is 4.37. The molecule has 0 unspecified atom stereocenters. The molecule has 0 atom stereocenters. The molecule has 202 valence electrons. The number of rotatable bonds is 4. The zero-order valence-electron chi connectivity index (χ0n) is 20.4. The van der Waals surface area contributed by atoms with E-state index in [9.17, 15) is 31.1 Å². The molecule has 2 aromatic carbocycles. The van der Waals surface area contributed by atoms with E-state index in [1.54, 1.807) is 19.1 Å². The molecule has 4 rings (SSSR count). The highest BCUT2D eigenvalue weighted by Gasteiger charge is 2.38. The van der Waals surface area contributed by atoms with E-state index in [4.69, 9.17) is 11.6 Å². The molecule has 0 saturated carbocycles. The number of hydrogen-bond donors (Lipinski definition) is 0. The van der Waals surface area contributed by atoms with Crippen LogP contribution in [0.2, 0.25) is 5.02 Å². The second-order valence-electron chi connectivity index (χ2n) is 9.04. The summed E-state index contributed by atoms with van der Waals surface area (Å²) in [6.45, 7) is 4.40. The number of amides is 1. The number of nitrogens with zero attached hydrogens (tertiary/aromatic N) is 4. The Morgan fingerprint density at radius 1 is 0.868 bits per heavy atom. The third-order valence-electron chi connectivity index (χ3n) is 6.30. The van der Waals surface area contributed by atoms with E-state index in [1.807, 2.05) is 24.0 Å². The lowest BCUT2D eigenvalue weighted by Gasteiger charge is -2.36. The monoisotopic (exact) mass is 556 g/mol. The van der Waals surface area contributed by atoms with Gasteiger partial charge in [0.25, 0.3) is 5.91 Å². The van der Waals surface area contributed by atoms with Crippen molar-refractivity contribution in [2.45, 2.75) is 32.6 Å². The van der Waals surface area contributed by atoms with Gasteiger partial charge < -0.3 is 9.80 Å². The van der Waals surface area contributed by atoms with Gasteiger partial charge in [0.1, 0.15) is 11.6 Å². The Kier molecular flexibility index (Phi) is 7.60. The second-order valence-corrected chi connectivity index (χ2v) is 9.47. The van der Waals surface area contributed by atoms with Gasteiger partial charge in [-0.2, -0.15) is 26.3 Å². The van der Waals surface area contributed by atoms with Crippen LogP contribution in [0.15, 0.2) is 42.5 Å². The summed E-state index contributed by atoms with van der Waals surface area (Å²) in [5, 5.41) is 0.606. The molecular formula is C26H23ClF6N4O. The van der Waals surface area contributed by atoms with Crippen LogP contribution in [0.3, 0.4) is 0 Å².